The maximum Gasteiger partial charge on any atom is 0.246 e. The summed E-state index contributed by atoms with van der Waals surface area (Å²) in [4.78, 5) is 1.43. The van der Waals surface area contributed by atoms with Crippen LogP contribution in [0.15, 0.2) is 23.1 Å². The summed E-state index contributed by atoms with van der Waals surface area (Å²) in [6.07, 6.45) is 0. The number of hydrogen-bond acceptors (Lipinski definition) is 4. The van der Waals surface area contributed by atoms with Gasteiger partial charge < -0.3 is 0 Å². The molecule has 0 unspecified atom stereocenters. The van der Waals surface area contributed by atoms with Crippen molar-refractivity contribution in [3.05, 3.63) is 46.2 Å². The van der Waals surface area contributed by atoms with E-state index in [-0.39, 0.29) is 13.1 Å². The molecule has 0 bridgehead atoms. The van der Waals surface area contributed by atoms with Gasteiger partial charge >= 0.3 is 0 Å². The number of aryl methyl sites for hydroxylation is 2. The highest BCUT2D eigenvalue weighted by molar-refractivity contribution is 7.89. The molecule has 1 aromatic carbocycles. The normalized spacial score (nSPS) is 17.0. The lowest BCUT2D eigenvalue weighted by Gasteiger charge is -2.34. The lowest BCUT2D eigenvalue weighted by Crippen LogP contribution is -2.48. The Bertz CT molecular complexity index is 925. The zero-order valence-electron chi connectivity index (χ0n) is 14.4. The molecule has 6 nitrogen and oxygen atoms in total. The molecule has 0 N–H and O–H groups in total. The average molecular weight is 405 g/mol. The number of rotatable bonds is 4. The highest BCUT2D eigenvalue weighted by Crippen LogP contribution is 2.24. The number of benzene rings is 1. The maximum atomic E-state index is 13.9. The molecule has 2 heterocycles. The first-order chi connectivity index (χ1) is 12.2. The fourth-order valence-corrected chi connectivity index (χ4v) is 4.75. The highest BCUT2D eigenvalue weighted by Gasteiger charge is 2.31. The second kappa shape index (κ2) is 7.22. The first-order valence-corrected chi connectivity index (χ1v) is 9.87. The van der Waals surface area contributed by atoms with E-state index in [2.05, 4.69) is 10.00 Å². The van der Waals surface area contributed by atoms with Crippen LogP contribution >= 0.6 is 11.6 Å². The van der Waals surface area contributed by atoms with Crippen molar-refractivity contribution in [3.8, 4) is 0 Å². The van der Waals surface area contributed by atoms with Crippen molar-refractivity contribution >= 4 is 21.6 Å². The summed E-state index contributed by atoms with van der Waals surface area (Å²) in [6, 6.07) is 2.44. The van der Waals surface area contributed by atoms with E-state index < -0.39 is 26.6 Å². The van der Waals surface area contributed by atoms with Gasteiger partial charge in [0.1, 0.15) is 21.7 Å². The van der Waals surface area contributed by atoms with Crippen molar-refractivity contribution in [1.29, 1.82) is 0 Å². The Labute approximate surface area is 156 Å². The first-order valence-electron chi connectivity index (χ1n) is 8.05. The molecule has 0 spiro atoms. The molecule has 1 aliphatic rings. The Balaban J connectivity index is 1.71. The van der Waals surface area contributed by atoms with Gasteiger partial charge in [-0.1, -0.05) is 11.6 Å². The molecule has 0 radical (unpaired) electrons. The molecule has 3 rings (SSSR count). The second-order valence-corrected chi connectivity index (χ2v) is 8.50. The summed E-state index contributed by atoms with van der Waals surface area (Å²) >= 11 is 6.24. The van der Waals surface area contributed by atoms with Gasteiger partial charge in [0, 0.05) is 45.3 Å². The predicted octanol–water partition coefficient (Wildman–Crippen LogP) is 2.17. The van der Waals surface area contributed by atoms with E-state index in [0.29, 0.717) is 24.8 Å². The molecule has 1 aromatic heterocycles. The van der Waals surface area contributed by atoms with Crippen LogP contribution in [0.3, 0.4) is 0 Å². The third kappa shape index (κ3) is 3.62. The molecule has 0 atom stereocenters. The molecule has 1 aliphatic heterocycles. The third-order valence-electron chi connectivity index (χ3n) is 4.49. The van der Waals surface area contributed by atoms with Crippen LogP contribution in [0, 0.1) is 18.6 Å². The number of sulfonamides is 1. The number of piperazine rings is 1. The molecule has 142 valence electrons. The minimum Gasteiger partial charge on any atom is -0.296 e. The summed E-state index contributed by atoms with van der Waals surface area (Å²) in [5.41, 5.74) is 1.73. The van der Waals surface area contributed by atoms with Crippen LogP contribution in [0.2, 0.25) is 5.15 Å². The van der Waals surface area contributed by atoms with Crippen molar-refractivity contribution in [2.45, 2.75) is 18.4 Å². The Kier molecular flexibility index (Phi) is 5.34. The van der Waals surface area contributed by atoms with Crippen molar-refractivity contribution in [3.63, 3.8) is 0 Å². The van der Waals surface area contributed by atoms with Crippen LogP contribution in [-0.2, 0) is 23.6 Å². The van der Waals surface area contributed by atoms with Gasteiger partial charge in [-0.2, -0.15) is 9.40 Å². The van der Waals surface area contributed by atoms with Crippen LogP contribution in [0.1, 0.15) is 11.3 Å². The molecule has 0 aliphatic carbocycles. The zero-order valence-corrected chi connectivity index (χ0v) is 16.0. The number of aromatic nitrogens is 2. The van der Waals surface area contributed by atoms with Gasteiger partial charge in [0.15, 0.2) is 0 Å². The van der Waals surface area contributed by atoms with Gasteiger partial charge in [-0.3, -0.25) is 9.58 Å². The van der Waals surface area contributed by atoms with Gasteiger partial charge in [-0.15, -0.1) is 0 Å². The van der Waals surface area contributed by atoms with Gasteiger partial charge in [0.05, 0.1) is 5.69 Å². The van der Waals surface area contributed by atoms with Gasteiger partial charge in [-0.25, -0.2) is 17.2 Å². The lowest BCUT2D eigenvalue weighted by atomic mass is 10.2. The Hall–Kier alpha value is -1.55. The smallest absolute Gasteiger partial charge is 0.246 e. The monoisotopic (exact) mass is 404 g/mol. The van der Waals surface area contributed by atoms with E-state index in [1.54, 1.807) is 11.7 Å². The fourth-order valence-electron chi connectivity index (χ4n) is 3.02. The van der Waals surface area contributed by atoms with Crippen LogP contribution in [0.5, 0.6) is 0 Å². The number of hydrogen-bond donors (Lipinski definition) is 0. The maximum absolute atomic E-state index is 13.9. The third-order valence-corrected chi connectivity index (χ3v) is 6.88. The molecular formula is C16H19ClF2N4O2S. The van der Waals surface area contributed by atoms with Gasteiger partial charge in [0.2, 0.25) is 10.0 Å². The van der Waals surface area contributed by atoms with Crippen molar-refractivity contribution < 1.29 is 17.2 Å². The summed E-state index contributed by atoms with van der Waals surface area (Å²) in [5.74, 6) is -1.74. The fraction of sp³-hybridized carbons (Fsp3) is 0.438. The summed E-state index contributed by atoms with van der Waals surface area (Å²) < 4.78 is 55.2. The van der Waals surface area contributed by atoms with Crippen LogP contribution < -0.4 is 0 Å². The Morgan fingerprint density at radius 3 is 2.42 bits per heavy atom. The molecule has 10 heteroatoms. The van der Waals surface area contributed by atoms with Gasteiger partial charge in [-0.05, 0) is 25.1 Å². The quantitative estimate of drug-likeness (QED) is 0.783. The molecular weight excluding hydrogens is 386 g/mol. The number of halogens is 3. The Morgan fingerprint density at radius 2 is 1.85 bits per heavy atom. The lowest BCUT2D eigenvalue weighted by molar-refractivity contribution is 0.181. The van der Waals surface area contributed by atoms with E-state index in [1.807, 2.05) is 6.92 Å². The van der Waals surface area contributed by atoms with Crippen LogP contribution in [0.25, 0.3) is 0 Å². The van der Waals surface area contributed by atoms with Crippen LogP contribution in [0.4, 0.5) is 8.78 Å². The first kappa shape index (κ1) is 19.2. The average Bonchev–Trinajstić information content (AvgIpc) is 2.83. The van der Waals surface area contributed by atoms with Crippen molar-refractivity contribution in [1.82, 2.24) is 19.0 Å². The van der Waals surface area contributed by atoms with Crippen molar-refractivity contribution in [2.75, 3.05) is 26.2 Å². The molecule has 0 amide bonds. The summed E-state index contributed by atoms with van der Waals surface area (Å²) in [5, 5.41) is 4.82. The number of nitrogens with zero attached hydrogens (tertiary/aromatic N) is 4. The van der Waals surface area contributed by atoms with E-state index >= 15 is 0 Å². The molecule has 1 fully saturated rings. The topological polar surface area (TPSA) is 58.4 Å². The second-order valence-electron chi connectivity index (χ2n) is 6.23. The van der Waals surface area contributed by atoms with E-state index in [1.165, 1.54) is 4.31 Å². The van der Waals surface area contributed by atoms with E-state index in [0.717, 1.165) is 29.5 Å². The summed E-state index contributed by atoms with van der Waals surface area (Å²) in [7, 11) is -2.31. The van der Waals surface area contributed by atoms with Crippen LogP contribution in [-0.4, -0.2) is 53.6 Å². The van der Waals surface area contributed by atoms with E-state index in [9.17, 15) is 17.2 Å². The standard InChI is InChI=1S/C16H19ClF2N4O2S/c1-11-13(16(17)21(2)20-11)10-22-5-7-23(8-6-22)26(24,25)15-9-12(18)3-4-14(15)19/h3-4,9H,5-8,10H2,1-2H3. The van der Waals surface area contributed by atoms with Gasteiger partial charge in [0.25, 0.3) is 0 Å². The minimum absolute atomic E-state index is 0.190. The minimum atomic E-state index is -4.07. The molecule has 2 aromatic rings. The van der Waals surface area contributed by atoms with Crippen molar-refractivity contribution in [2.24, 2.45) is 7.05 Å². The van der Waals surface area contributed by atoms with E-state index in [4.69, 9.17) is 11.6 Å². The highest BCUT2D eigenvalue weighted by atomic mass is 35.5. The Morgan fingerprint density at radius 1 is 1.19 bits per heavy atom. The predicted molar refractivity (Wildman–Crippen MR) is 93.3 cm³/mol. The largest absolute Gasteiger partial charge is 0.296 e. The SMILES string of the molecule is Cc1nn(C)c(Cl)c1CN1CCN(S(=O)(=O)c2cc(F)ccc2F)CC1. The molecule has 1 saturated heterocycles. The molecule has 26 heavy (non-hydrogen) atoms. The molecule has 0 saturated carbocycles. The zero-order chi connectivity index (χ0) is 19.1. The summed E-state index contributed by atoms with van der Waals surface area (Å²) in [6.45, 7) is 3.72.